The van der Waals surface area contributed by atoms with Gasteiger partial charge in [-0.25, -0.2) is 4.79 Å². The standard InChI is InChI=1S/C16H22N6O/c1-12-8-10-16(11-9-12,18-15(23)17-2)14-19-20-21-22(14)13-6-4-3-5-7-13/h3-7,12H,8-11H2,1-2H3,(H2,17,18,23). The molecule has 1 aromatic heterocycles. The van der Waals surface area contributed by atoms with E-state index in [0.717, 1.165) is 31.4 Å². The van der Waals surface area contributed by atoms with Gasteiger partial charge in [0.25, 0.3) is 0 Å². The average Bonchev–Trinajstić information content (AvgIpc) is 3.08. The van der Waals surface area contributed by atoms with Crippen molar-refractivity contribution in [1.29, 1.82) is 0 Å². The van der Waals surface area contributed by atoms with Crippen LogP contribution in [-0.2, 0) is 5.54 Å². The van der Waals surface area contributed by atoms with Crippen LogP contribution in [-0.4, -0.2) is 33.3 Å². The van der Waals surface area contributed by atoms with Crippen LogP contribution in [0.2, 0.25) is 0 Å². The summed E-state index contributed by atoms with van der Waals surface area (Å²) >= 11 is 0. The number of hydrogen-bond acceptors (Lipinski definition) is 4. The minimum Gasteiger partial charge on any atom is -0.341 e. The van der Waals surface area contributed by atoms with E-state index in [1.807, 2.05) is 30.3 Å². The maximum absolute atomic E-state index is 12.0. The molecule has 0 spiro atoms. The molecule has 7 nitrogen and oxygen atoms in total. The zero-order valence-corrected chi connectivity index (χ0v) is 13.5. The molecule has 1 fully saturated rings. The fourth-order valence-electron chi connectivity index (χ4n) is 3.17. The maximum atomic E-state index is 12.0. The third kappa shape index (κ3) is 3.04. The average molecular weight is 314 g/mol. The molecule has 0 bridgehead atoms. The van der Waals surface area contributed by atoms with E-state index in [0.29, 0.717) is 11.7 Å². The molecule has 0 radical (unpaired) electrons. The van der Waals surface area contributed by atoms with Crippen LogP contribution in [0.1, 0.15) is 38.4 Å². The number of urea groups is 1. The zero-order chi connectivity index (χ0) is 16.3. The van der Waals surface area contributed by atoms with Gasteiger partial charge in [0, 0.05) is 7.05 Å². The maximum Gasteiger partial charge on any atom is 0.315 e. The van der Waals surface area contributed by atoms with E-state index >= 15 is 0 Å². The second kappa shape index (κ2) is 6.36. The van der Waals surface area contributed by atoms with E-state index < -0.39 is 5.54 Å². The second-order valence-corrected chi connectivity index (χ2v) is 6.22. The van der Waals surface area contributed by atoms with Gasteiger partial charge in [-0.2, -0.15) is 4.68 Å². The molecule has 1 aliphatic carbocycles. The van der Waals surface area contributed by atoms with E-state index in [1.165, 1.54) is 0 Å². The van der Waals surface area contributed by atoms with Gasteiger partial charge in [-0.3, -0.25) is 0 Å². The first-order valence-corrected chi connectivity index (χ1v) is 7.99. The molecule has 0 aliphatic heterocycles. The Morgan fingerprint density at radius 3 is 2.61 bits per heavy atom. The molecule has 1 aliphatic rings. The molecular weight excluding hydrogens is 292 g/mol. The highest BCUT2D eigenvalue weighted by Gasteiger charge is 2.42. The molecule has 0 saturated heterocycles. The van der Waals surface area contributed by atoms with Gasteiger partial charge in [0.1, 0.15) is 5.54 Å². The van der Waals surface area contributed by atoms with E-state index in [2.05, 4.69) is 33.1 Å². The molecule has 2 N–H and O–H groups in total. The molecule has 7 heteroatoms. The number of rotatable bonds is 3. The molecule has 2 amide bonds. The Morgan fingerprint density at radius 2 is 1.96 bits per heavy atom. The summed E-state index contributed by atoms with van der Waals surface area (Å²) in [5, 5.41) is 18.0. The predicted octanol–water partition coefficient (Wildman–Crippen LogP) is 2.00. The Bertz CT molecular complexity index is 660. The van der Waals surface area contributed by atoms with Crippen molar-refractivity contribution in [1.82, 2.24) is 30.8 Å². The Labute approximate surface area is 135 Å². The van der Waals surface area contributed by atoms with E-state index in [-0.39, 0.29) is 6.03 Å². The third-order valence-electron chi connectivity index (χ3n) is 4.61. The van der Waals surface area contributed by atoms with Crippen LogP contribution >= 0.6 is 0 Å². The number of para-hydroxylation sites is 1. The van der Waals surface area contributed by atoms with Crippen LogP contribution in [0.25, 0.3) is 5.69 Å². The van der Waals surface area contributed by atoms with Crippen LogP contribution in [0.3, 0.4) is 0 Å². The van der Waals surface area contributed by atoms with Crippen molar-refractivity contribution in [2.75, 3.05) is 7.05 Å². The zero-order valence-electron chi connectivity index (χ0n) is 13.5. The lowest BCUT2D eigenvalue weighted by molar-refractivity contribution is 0.177. The molecule has 1 aromatic carbocycles. The first-order valence-electron chi connectivity index (χ1n) is 7.99. The molecule has 23 heavy (non-hydrogen) atoms. The van der Waals surface area contributed by atoms with Gasteiger partial charge in [-0.05, 0) is 54.2 Å². The number of hydrogen-bond donors (Lipinski definition) is 2. The number of aromatic nitrogens is 4. The Morgan fingerprint density at radius 1 is 1.26 bits per heavy atom. The van der Waals surface area contributed by atoms with Gasteiger partial charge in [-0.1, -0.05) is 25.1 Å². The molecule has 0 unspecified atom stereocenters. The topological polar surface area (TPSA) is 84.7 Å². The summed E-state index contributed by atoms with van der Waals surface area (Å²) in [4.78, 5) is 12.0. The first-order chi connectivity index (χ1) is 11.1. The summed E-state index contributed by atoms with van der Waals surface area (Å²) in [6.07, 6.45) is 3.72. The highest BCUT2D eigenvalue weighted by Crippen LogP contribution is 2.38. The number of amides is 2. The first kappa shape index (κ1) is 15.5. The van der Waals surface area contributed by atoms with Gasteiger partial charge in [0.15, 0.2) is 5.82 Å². The van der Waals surface area contributed by atoms with Crippen LogP contribution in [0.4, 0.5) is 4.79 Å². The quantitative estimate of drug-likeness (QED) is 0.907. The number of nitrogens with one attached hydrogen (secondary N) is 2. The molecular formula is C16H22N6O. The summed E-state index contributed by atoms with van der Waals surface area (Å²) in [6.45, 7) is 2.24. The van der Waals surface area contributed by atoms with Crippen molar-refractivity contribution in [2.24, 2.45) is 5.92 Å². The Balaban J connectivity index is 2.01. The lowest BCUT2D eigenvalue weighted by Gasteiger charge is -2.38. The smallest absolute Gasteiger partial charge is 0.315 e. The predicted molar refractivity (Wildman–Crippen MR) is 86.1 cm³/mol. The van der Waals surface area contributed by atoms with Crippen LogP contribution in [0.15, 0.2) is 30.3 Å². The SMILES string of the molecule is CNC(=O)NC1(c2nnnn2-c2ccccc2)CCC(C)CC1. The van der Waals surface area contributed by atoms with E-state index in [4.69, 9.17) is 0 Å². The van der Waals surface area contributed by atoms with Crippen LogP contribution in [0, 0.1) is 5.92 Å². The normalized spacial score (nSPS) is 24.2. The lowest BCUT2D eigenvalue weighted by Crippen LogP contribution is -2.52. The van der Waals surface area contributed by atoms with E-state index in [1.54, 1.807) is 11.7 Å². The van der Waals surface area contributed by atoms with Crippen molar-refractivity contribution < 1.29 is 4.79 Å². The van der Waals surface area contributed by atoms with Gasteiger partial charge >= 0.3 is 6.03 Å². The summed E-state index contributed by atoms with van der Waals surface area (Å²) < 4.78 is 1.73. The molecule has 1 heterocycles. The van der Waals surface area contributed by atoms with Crippen LogP contribution < -0.4 is 10.6 Å². The third-order valence-corrected chi connectivity index (χ3v) is 4.61. The number of nitrogens with zero attached hydrogens (tertiary/aromatic N) is 4. The fraction of sp³-hybridized carbons (Fsp3) is 0.500. The van der Waals surface area contributed by atoms with E-state index in [9.17, 15) is 4.79 Å². The van der Waals surface area contributed by atoms with Gasteiger partial charge < -0.3 is 10.6 Å². The molecule has 122 valence electrons. The molecule has 3 rings (SSSR count). The van der Waals surface area contributed by atoms with Crippen molar-refractivity contribution in [3.63, 3.8) is 0 Å². The number of carbonyl (C=O) groups excluding carboxylic acids is 1. The van der Waals surface area contributed by atoms with Crippen molar-refractivity contribution >= 4 is 6.03 Å². The monoisotopic (exact) mass is 314 g/mol. The Kier molecular flexibility index (Phi) is 4.27. The fourth-order valence-corrected chi connectivity index (χ4v) is 3.17. The number of carbonyl (C=O) groups is 1. The highest BCUT2D eigenvalue weighted by atomic mass is 16.2. The van der Waals surface area contributed by atoms with Crippen molar-refractivity contribution in [2.45, 2.75) is 38.1 Å². The lowest BCUT2D eigenvalue weighted by atomic mass is 9.76. The number of benzene rings is 1. The second-order valence-electron chi connectivity index (χ2n) is 6.22. The van der Waals surface area contributed by atoms with Gasteiger partial charge in [0.2, 0.25) is 0 Å². The largest absolute Gasteiger partial charge is 0.341 e. The van der Waals surface area contributed by atoms with Gasteiger partial charge in [0.05, 0.1) is 5.69 Å². The molecule has 0 atom stereocenters. The molecule has 1 saturated carbocycles. The minimum absolute atomic E-state index is 0.206. The summed E-state index contributed by atoms with van der Waals surface area (Å²) in [6, 6.07) is 9.55. The summed E-state index contributed by atoms with van der Waals surface area (Å²) in [5.41, 5.74) is 0.357. The number of tetrazole rings is 1. The Hall–Kier alpha value is -2.44. The summed E-state index contributed by atoms with van der Waals surface area (Å²) in [5.74, 6) is 1.34. The van der Waals surface area contributed by atoms with Gasteiger partial charge in [-0.15, -0.1) is 5.10 Å². The minimum atomic E-state index is -0.536. The molecule has 2 aromatic rings. The summed E-state index contributed by atoms with van der Waals surface area (Å²) in [7, 11) is 1.62. The van der Waals surface area contributed by atoms with Crippen LogP contribution in [0.5, 0.6) is 0 Å². The van der Waals surface area contributed by atoms with Crippen molar-refractivity contribution in [3.05, 3.63) is 36.2 Å². The van der Waals surface area contributed by atoms with Crippen molar-refractivity contribution in [3.8, 4) is 5.69 Å². The highest BCUT2D eigenvalue weighted by molar-refractivity contribution is 5.74.